The average molecular weight is 260 g/mol. The molecule has 0 aromatic carbocycles. The van der Waals surface area contributed by atoms with E-state index in [1.807, 2.05) is 51.0 Å². The summed E-state index contributed by atoms with van der Waals surface area (Å²) in [6, 6.07) is 3.90. The van der Waals surface area contributed by atoms with Gasteiger partial charge < -0.3 is 9.64 Å². The number of hydrogen-bond donors (Lipinski definition) is 0. The molecule has 0 aliphatic rings. The largest absolute Gasteiger partial charge is 0.493 e. The molecule has 0 saturated carbocycles. The summed E-state index contributed by atoms with van der Waals surface area (Å²) in [5.74, 6) is 1.64. The first-order valence-electron chi connectivity index (χ1n) is 6.23. The number of hydrogen-bond acceptors (Lipinski definition) is 4. The van der Waals surface area contributed by atoms with E-state index in [2.05, 4.69) is 15.0 Å². The summed E-state index contributed by atoms with van der Waals surface area (Å²) in [5.41, 5.74) is 3.21. The van der Waals surface area contributed by atoms with Crippen molar-refractivity contribution in [1.29, 1.82) is 0 Å². The molecule has 0 saturated heterocycles. The number of aromatic nitrogens is 3. The molecule has 5 heteroatoms. The molecule has 2 rings (SSSR count). The summed E-state index contributed by atoms with van der Waals surface area (Å²) in [4.78, 5) is 6.63. The molecule has 0 spiro atoms. The number of anilines is 1. The summed E-state index contributed by atoms with van der Waals surface area (Å²) in [6.07, 6.45) is 2.04. The Morgan fingerprint density at radius 3 is 2.63 bits per heavy atom. The van der Waals surface area contributed by atoms with Crippen LogP contribution in [0.2, 0.25) is 0 Å². The number of nitrogens with zero attached hydrogens (tertiary/aromatic N) is 4. The normalized spacial score (nSPS) is 10.6. The smallest absolute Gasteiger partial charge is 0.171 e. The molecule has 0 aliphatic heterocycles. The minimum Gasteiger partial charge on any atom is -0.493 e. The molecular weight excluding hydrogens is 240 g/mol. The van der Waals surface area contributed by atoms with Gasteiger partial charge in [0.05, 0.1) is 12.8 Å². The Bertz CT molecular complexity index is 577. The van der Waals surface area contributed by atoms with E-state index in [1.165, 1.54) is 5.56 Å². The van der Waals surface area contributed by atoms with Gasteiger partial charge >= 0.3 is 0 Å². The molecule has 0 bridgehead atoms. The van der Waals surface area contributed by atoms with Gasteiger partial charge in [-0.3, -0.25) is 4.68 Å². The highest BCUT2D eigenvalue weighted by Crippen LogP contribution is 2.26. The summed E-state index contributed by atoms with van der Waals surface area (Å²) in [6.45, 7) is 4.75. The Balaban J connectivity index is 2.26. The third kappa shape index (κ3) is 2.86. The predicted molar refractivity (Wildman–Crippen MR) is 75.6 cm³/mol. The first kappa shape index (κ1) is 13.4. The van der Waals surface area contributed by atoms with Gasteiger partial charge in [0.1, 0.15) is 0 Å². The number of aryl methyl sites for hydroxylation is 3. The van der Waals surface area contributed by atoms with E-state index in [-0.39, 0.29) is 0 Å². The maximum absolute atomic E-state index is 5.37. The van der Waals surface area contributed by atoms with E-state index < -0.39 is 0 Å². The lowest BCUT2D eigenvalue weighted by atomic mass is 10.2. The summed E-state index contributed by atoms with van der Waals surface area (Å²) < 4.78 is 7.20. The lowest BCUT2D eigenvalue weighted by Crippen LogP contribution is -2.19. The quantitative estimate of drug-likeness (QED) is 0.844. The van der Waals surface area contributed by atoms with Gasteiger partial charge in [-0.1, -0.05) is 0 Å². The van der Waals surface area contributed by atoms with Gasteiger partial charge in [0, 0.05) is 38.1 Å². The van der Waals surface area contributed by atoms with Gasteiger partial charge in [-0.2, -0.15) is 5.10 Å². The Kier molecular flexibility index (Phi) is 3.74. The highest BCUT2D eigenvalue weighted by atomic mass is 16.5. The van der Waals surface area contributed by atoms with Crippen molar-refractivity contribution in [3.05, 3.63) is 35.3 Å². The molecule has 0 N–H and O–H groups in total. The van der Waals surface area contributed by atoms with Gasteiger partial charge in [-0.05, 0) is 26.0 Å². The molecule has 0 radical (unpaired) electrons. The zero-order chi connectivity index (χ0) is 14.0. The molecule has 2 heterocycles. The molecule has 0 amide bonds. The molecule has 2 aromatic heterocycles. The van der Waals surface area contributed by atoms with Crippen molar-refractivity contribution in [3.63, 3.8) is 0 Å². The Labute approximate surface area is 113 Å². The zero-order valence-electron chi connectivity index (χ0n) is 12.1. The van der Waals surface area contributed by atoms with E-state index >= 15 is 0 Å². The second-order valence-electron chi connectivity index (χ2n) is 4.75. The maximum atomic E-state index is 5.37. The summed E-state index contributed by atoms with van der Waals surface area (Å²) in [5, 5.41) is 4.36. The third-order valence-corrected chi connectivity index (χ3v) is 3.08. The van der Waals surface area contributed by atoms with E-state index in [4.69, 9.17) is 4.74 Å². The molecule has 0 fully saturated rings. The fourth-order valence-electron chi connectivity index (χ4n) is 2.10. The van der Waals surface area contributed by atoms with Crippen LogP contribution in [-0.2, 0) is 13.6 Å². The van der Waals surface area contributed by atoms with Crippen LogP contribution < -0.4 is 9.64 Å². The zero-order valence-corrected chi connectivity index (χ0v) is 12.1. The van der Waals surface area contributed by atoms with Crippen LogP contribution in [0.15, 0.2) is 18.3 Å². The minimum atomic E-state index is 0.756. The highest BCUT2D eigenvalue weighted by Gasteiger charge is 2.13. The van der Waals surface area contributed by atoms with Crippen molar-refractivity contribution in [2.75, 3.05) is 19.1 Å². The lowest BCUT2D eigenvalue weighted by Gasteiger charge is -2.20. The van der Waals surface area contributed by atoms with Crippen LogP contribution in [0.25, 0.3) is 0 Å². The molecule has 102 valence electrons. The van der Waals surface area contributed by atoms with Gasteiger partial charge in [-0.25, -0.2) is 4.98 Å². The number of pyridine rings is 1. The predicted octanol–water partition coefficient (Wildman–Crippen LogP) is 2.08. The van der Waals surface area contributed by atoms with Crippen molar-refractivity contribution in [1.82, 2.24) is 14.8 Å². The summed E-state index contributed by atoms with van der Waals surface area (Å²) in [7, 11) is 5.61. The van der Waals surface area contributed by atoms with Gasteiger partial charge in [0.15, 0.2) is 11.6 Å². The SMILES string of the molecule is COc1ccc(C)nc1N(C)Cc1cn(C)nc1C. The summed E-state index contributed by atoms with van der Waals surface area (Å²) >= 11 is 0. The second kappa shape index (κ2) is 5.30. The standard InChI is InChI=1S/C14H20N4O/c1-10-6-7-13(19-5)14(15-10)17(3)8-12-9-18(4)16-11(12)2/h6-7,9H,8H2,1-5H3. The van der Waals surface area contributed by atoms with E-state index in [1.54, 1.807) is 7.11 Å². The lowest BCUT2D eigenvalue weighted by molar-refractivity contribution is 0.412. The van der Waals surface area contributed by atoms with Gasteiger partial charge in [-0.15, -0.1) is 0 Å². The van der Waals surface area contributed by atoms with Crippen molar-refractivity contribution in [2.24, 2.45) is 7.05 Å². The number of ether oxygens (including phenoxy) is 1. The number of rotatable bonds is 4. The third-order valence-electron chi connectivity index (χ3n) is 3.08. The molecule has 0 aliphatic carbocycles. The Morgan fingerprint density at radius 2 is 2.05 bits per heavy atom. The van der Waals surface area contributed by atoms with Crippen LogP contribution in [0, 0.1) is 13.8 Å². The van der Waals surface area contributed by atoms with Crippen LogP contribution >= 0.6 is 0 Å². The van der Waals surface area contributed by atoms with Crippen molar-refractivity contribution < 1.29 is 4.74 Å². The molecule has 0 atom stereocenters. The molecule has 0 unspecified atom stereocenters. The highest BCUT2D eigenvalue weighted by molar-refractivity contribution is 5.52. The van der Waals surface area contributed by atoms with Crippen molar-refractivity contribution in [2.45, 2.75) is 20.4 Å². The second-order valence-corrected chi connectivity index (χ2v) is 4.75. The van der Waals surface area contributed by atoms with Crippen LogP contribution in [0.5, 0.6) is 5.75 Å². The van der Waals surface area contributed by atoms with Crippen LogP contribution in [0.1, 0.15) is 17.0 Å². The van der Waals surface area contributed by atoms with E-state index in [0.717, 1.165) is 29.5 Å². The maximum Gasteiger partial charge on any atom is 0.171 e. The Hall–Kier alpha value is -2.04. The number of methoxy groups -OCH3 is 1. The van der Waals surface area contributed by atoms with E-state index in [9.17, 15) is 0 Å². The van der Waals surface area contributed by atoms with Gasteiger partial charge in [0.2, 0.25) is 0 Å². The van der Waals surface area contributed by atoms with Gasteiger partial charge in [0.25, 0.3) is 0 Å². The first-order valence-corrected chi connectivity index (χ1v) is 6.23. The van der Waals surface area contributed by atoms with Crippen LogP contribution in [0.4, 0.5) is 5.82 Å². The molecule has 5 nitrogen and oxygen atoms in total. The van der Waals surface area contributed by atoms with Crippen molar-refractivity contribution >= 4 is 5.82 Å². The monoisotopic (exact) mass is 260 g/mol. The minimum absolute atomic E-state index is 0.756. The molecule has 19 heavy (non-hydrogen) atoms. The van der Waals surface area contributed by atoms with Crippen molar-refractivity contribution in [3.8, 4) is 5.75 Å². The molecular formula is C14H20N4O. The van der Waals surface area contributed by atoms with Crippen LogP contribution in [0.3, 0.4) is 0 Å². The topological polar surface area (TPSA) is 43.2 Å². The van der Waals surface area contributed by atoms with Crippen LogP contribution in [-0.4, -0.2) is 28.9 Å². The fourth-order valence-corrected chi connectivity index (χ4v) is 2.10. The fraction of sp³-hybridized carbons (Fsp3) is 0.429. The Morgan fingerprint density at radius 1 is 1.32 bits per heavy atom. The molecule has 2 aromatic rings. The van der Waals surface area contributed by atoms with E-state index in [0.29, 0.717) is 0 Å². The average Bonchev–Trinajstić information content (AvgIpc) is 2.67. The first-order chi connectivity index (χ1) is 9.01.